The summed E-state index contributed by atoms with van der Waals surface area (Å²) >= 11 is 1.80. The Balaban J connectivity index is 2.01. The van der Waals surface area contributed by atoms with Crippen molar-refractivity contribution in [1.82, 2.24) is 14.9 Å². The number of aromatic nitrogens is 2. The van der Waals surface area contributed by atoms with Crippen LogP contribution in [0.1, 0.15) is 19.5 Å². The first kappa shape index (κ1) is 16.3. The van der Waals surface area contributed by atoms with Crippen LogP contribution in [0.3, 0.4) is 0 Å². The van der Waals surface area contributed by atoms with Crippen LogP contribution in [0, 0.1) is 0 Å². The lowest BCUT2D eigenvalue weighted by molar-refractivity contribution is 0.263. The molecule has 0 unspecified atom stereocenters. The molecule has 0 radical (unpaired) electrons. The van der Waals surface area contributed by atoms with Gasteiger partial charge in [0.2, 0.25) is 5.95 Å². The second kappa shape index (κ2) is 7.82. The number of anilines is 1. The molecule has 0 aliphatic carbocycles. The molecule has 2 heterocycles. The summed E-state index contributed by atoms with van der Waals surface area (Å²) in [4.78, 5) is 23.8. The summed E-state index contributed by atoms with van der Waals surface area (Å²) in [6.45, 7) is 9.61. The molecule has 1 aliphatic rings. The number of hydrogen-bond acceptors (Lipinski definition) is 6. The van der Waals surface area contributed by atoms with Gasteiger partial charge in [0.15, 0.2) is 0 Å². The Morgan fingerprint density at radius 1 is 1.38 bits per heavy atom. The summed E-state index contributed by atoms with van der Waals surface area (Å²) in [7, 11) is 0. The van der Waals surface area contributed by atoms with Crippen LogP contribution in [-0.4, -0.2) is 59.4 Å². The van der Waals surface area contributed by atoms with Crippen LogP contribution >= 0.6 is 11.8 Å². The molecule has 0 bridgehead atoms. The van der Waals surface area contributed by atoms with Gasteiger partial charge in [-0.2, -0.15) is 11.8 Å². The number of nitrogens with zero attached hydrogens (tertiary/aromatic N) is 3. The Morgan fingerprint density at radius 2 is 2.10 bits per heavy atom. The van der Waals surface area contributed by atoms with Crippen molar-refractivity contribution in [3.63, 3.8) is 0 Å². The molecule has 118 valence electrons. The Kier molecular flexibility index (Phi) is 6.08. The standard InChI is InChI=1S/C14H25N5OS/c1-11(2)21-10-12-9-13(20)17-14(16-12)19-7-5-18(4-3-15)6-8-19/h9,11H,3-8,10,15H2,1-2H3,(H,16,17,20). The molecule has 0 amide bonds. The molecule has 0 saturated carbocycles. The van der Waals surface area contributed by atoms with E-state index in [1.807, 2.05) is 0 Å². The number of nitrogens with two attached hydrogens (primary N) is 1. The van der Waals surface area contributed by atoms with Crippen LogP contribution in [-0.2, 0) is 5.75 Å². The van der Waals surface area contributed by atoms with E-state index in [0.717, 1.165) is 44.2 Å². The fourth-order valence-electron chi connectivity index (χ4n) is 2.34. The number of aromatic amines is 1. The number of hydrogen-bond donors (Lipinski definition) is 2. The number of H-pyrrole nitrogens is 1. The summed E-state index contributed by atoms with van der Waals surface area (Å²) in [5, 5.41) is 0.536. The average Bonchev–Trinajstić information content (AvgIpc) is 2.46. The first-order chi connectivity index (χ1) is 10.1. The predicted molar refractivity (Wildman–Crippen MR) is 89.0 cm³/mol. The van der Waals surface area contributed by atoms with E-state index in [0.29, 0.717) is 17.7 Å². The van der Waals surface area contributed by atoms with E-state index < -0.39 is 0 Å². The highest BCUT2D eigenvalue weighted by Gasteiger charge is 2.18. The van der Waals surface area contributed by atoms with E-state index in [9.17, 15) is 4.79 Å². The molecule has 3 N–H and O–H groups in total. The van der Waals surface area contributed by atoms with Gasteiger partial charge in [0, 0.05) is 51.1 Å². The molecule has 1 fully saturated rings. The van der Waals surface area contributed by atoms with Gasteiger partial charge in [-0.1, -0.05) is 13.8 Å². The van der Waals surface area contributed by atoms with Crippen molar-refractivity contribution in [3.8, 4) is 0 Å². The molecule has 2 rings (SSSR count). The topological polar surface area (TPSA) is 78.2 Å². The smallest absolute Gasteiger partial charge is 0.252 e. The highest BCUT2D eigenvalue weighted by Crippen LogP contribution is 2.16. The maximum Gasteiger partial charge on any atom is 0.252 e. The molecule has 6 nitrogen and oxygen atoms in total. The molecule has 1 aromatic heterocycles. The lowest BCUT2D eigenvalue weighted by Gasteiger charge is -2.34. The van der Waals surface area contributed by atoms with E-state index in [2.05, 4.69) is 33.6 Å². The molecule has 1 saturated heterocycles. The van der Waals surface area contributed by atoms with E-state index in [1.54, 1.807) is 17.8 Å². The van der Waals surface area contributed by atoms with Gasteiger partial charge in [-0.05, 0) is 5.25 Å². The van der Waals surface area contributed by atoms with Crippen molar-refractivity contribution in [2.75, 3.05) is 44.2 Å². The third kappa shape index (κ3) is 5.01. The fraction of sp³-hybridized carbons (Fsp3) is 0.714. The lowest BCUT2D eigenvalue weighted by Crippen LogP contribution is -2.48. The van der Waals surface area contributed by atoms with Crippen LogP contribution in [0.2, 0.25) is 0 Å². The Hall–Kier alpha value is -1.05. The number of thioether (sulfide) groups is 1. The van der Waals surface area contributed by atoms with Gasteiger partial charge in [-0.3, -0.25) is 14.7 Å². The minimum Gasteiger partial charge on any atom is -0.340 e. The summed E-state index contributed by atoms with van der Waals surface area (Å²) in [5.74, 6) is 1.48. The van der Waals surface area contributed by atoms with Crippen LogP contribution in [0.15, 0.2) is 10.9 Å². The minimum absolute atomic E-state index is 0.0660. The van der Waals surface area contributed by atoms with E-state index in [-0.39, 0.29) is 5.56 Å². The van der Waals surface area contributed by atoms with Gasteiger partial charge in [-0.25, -0.2) is 4.98 Å². The zero-order valence-corrected chi connectivity index (χ0v) is 13.7. The molecule has 7 heteroatoms. The van der Waals surface area contributed by atoms with Crippen LogP contribution < -0.4 is 16.2 Å². The van der Waals surface area contributed by atoms with E-state index in [4.69, 9.17) is 5.73 Å². The maximum absolute atomic E-state index is 11.8. The summed E-state index contributed by atoms with van der Waals surface area (Å²) in [6.07, 6.45) is 0. The van der Waals surface area contributed by atoms with Gasteiger partial charge in [0.1, 0.15) is 0 Å². The maximum atomic E-state index is 11.8. The molecule has 21 heavy (non-hydrogen) atoms. The summed E-state index contributed by atoms with van der Waals surface area (Å²) in [5.41, 5.74) is 6.38. The Bertz CT molecular complexity index is 496. The van der Waals surface area contributed by atoms with Crippen molar-refractivity contribution in [2.45, 2.75) is 24.9 Å². The molecule has 0 spiro atoms. The van der Waals surface area contributed by atoms with E-state index >= 15 is 0 Å². The van der Waals surface area contributed by atoms with Gasteiger partial charge in [0.25, 0.3) is 5.56 Å². The molecule has 0 aromatic carbocycles. The average molecular weight is 311 g/mol. The molecule has 0 atom stereocenters. The summed E-state index contributed by atoms with van der Waals surface area (Å²) in [6, 6.07) is 1.60. The second-order valence-electron chi connectivity index (χ2n) is 5.54. The lowest BCUT2D eigenvalue weighted by atomic mass is 10.3. The van der Waals surface area contributed by atoms with Gasteiger partial charge < -0.3 is 10.6 Å². The monoisotopic (exact) mass is 311 g/mol. The SMILES string of the molecule is CC(C)SCc1cc(=O)[nH]c(N2CCN(CCN)CC2)n1. The van der Waals surface area contributed by atoms with Crippen LogP contribution in [0.25, 0.3) is 0 Å². The second-order valence-corrected chi connectivity index (χ2v) is 7.10. The molecule has 1 aromatic rings. The third-order valence-corrected chi connectivity index (χ3v) is 4.59. The van der Waals surface area contributed by atoms with Crippen LogP contribution in [0.4, 0.5) is 5.95 Å². The normalized spacial score (nSPS) is 16.7. The third-order valence-electron chi connectivity index (χ3n) is 3.46. The highest BCUT2D eigenvalue weighted by atomic mass is 32.2. The molecular formula is C14H25N5OS. The van der Waals surface area contributed by atoms with E-state index in [1.165, 1.54) is 0 Å². The van der Waals surface area contributed by atoms with Crippen LogP contribution in [0.5, 0.6) is 0 Å². The van der Waals surface area contributed by atoms with Gasteiger partial charge in [-0.15, -0.1) is 0 Å². The molecular weight excluding hydrogens is 286 g/mol. The van der Waals surface area contributed by atoms with Gasteiger partial charge in [0.05, 0.1) is 5.69 Å². The minimum atomic E-state index is -0.0660. The number of piperazine rings is 1. The zero-order valence-electron chi connectivity index (χ0n) is 12.8. The number of nitrogens with one attached hydrogen (secondary N) is 1. The zero-order chi connectivity index (χ0) is 15.2. The molecule has 1 aliphatic heterocycles. The Morgan fingerprint density at radius 3 is 2.71 bits per heavy atom. The van der Waals surface area contributed by atoms with Crippen molar-refractivity contribution in [1.29, 1.82) is 0 Å². The fourth-order valence-corrected chi connectivity index (χ4v) is 2.99. The van der Waals surface area contributed by atoms with Crippen molar-refractivity contribution in [2.24, 2.45) is 5.73 Å². The quantitative estimate of drug-likeness (QED) is 0.796. The van der Waals surface area contributed by atoms with Crippen molar-refractivity contribution in [3.05, 3.63) is 22.1 Å². The predicted octanol–water partition coefficient (Wildman–Crippen LogP) is 0.492. The number of rotatable bonds is 6. The largest absolute Gasteiger partial charge is 0.340 e. The summed E-state index contributed by atoms with van der Waals surface area (Å²) < 4.78 is 0. The first-order valence-corrected chi connectivity index (χ1v) is 8.52. The van der Waals surface area contributed by atoms with Crippen molar-refractivity contribution >= 4 is 17.7 Å². The highest BCUT2D eigenvalue weighted by molar-refractivity contribution is 7.99. The Labute approximate surface area is 130 Å². The van der Waals surface area contributed by atoms with Gasteiger partial charge >= 0.3 is 0 Å². The van der Waals surface area contributed by atoms with Crippen molar-refractivity contribution < 1.29 is 0 Å². The first-order valence-electron chi connectivity index (χ1n) is 7.47.